The van der Waals surface area contributed by atoms with Crippen LogP contribution in [0.4, 0.5) is 11.4 Å². The molecule has 0 fully saturated rings. The fraction of sp³-hybridized carbons (Fsp3) is 0.348. The predicted octanol–water partition coefficient (Wildman–Crippen LogP) is 3.75. The average Bonchev–Trinajstić information content (AvgIpc) is 3.47. The van der Waals surface area contributed by atoms with E-state index in [4.69, 9.17) is 28.8 Å². The number of rotatable bonds is 13. The Morgan fingerprint density at radius 2 is 1.11 bits per heavy atom. The van der Waals surface area contributed by atoms with Crippen LogP contribution in [0.3, 0.4) is 0 Å². The molecule has 4 aliphatic rings. The summed E-state index contributed by atoms with van der Waals surface area (Å²) in [5, 5.41) is 8.76. The Morgan fingerprint density at radius 3 is 1.53 bits per heavy atom. The SMILES string of the molecule is CCOC(=O)CCCOc1cc2c(cc1OC)C(=O)N1Cc3ccccc3C[C@H]1C=N2.COc1cc2c(cc1OCCCC(=O)O)N=C[C@@H]1Cc3ccccc3CN1C2=O.[Li+].[OH-]. The quantitative estimate of drug-likeness (QED) is 0.117. The van der Waals surface area contributed by atoms with Gasteiger partial charge in [0.05, 0.1) is 68.6 Å². The molecule has 2 amide bonds. The maximum Gasteiger partial charge on any atom is 1.00 e. The van der Waals surface area contributed by atoms with Gasteiger partial charge in [-0.15, -0.1) is 0 Å². The van der Waals surface area contributed by atoms with E-state index in [1.54, 1.807) is 31.2 Å². The van der Waals surface area contributed by atoms with Crippen LogP contribution in [-0.4, -0.2) is 103 Å². The first-order chi connectivity index (χ1) is 29.2. The van der Waals surface area contributed by atoms with Gasteiger partial charge in [0.15, 0.2) is 23.0 Å². The molecular formula is C46H49LiN4O11. The first kappa shape index (κ1) is 46.9. The standard InChI is InChI=1S/C24H26N2O5.C22H22N2O5.Li.H2O/c1-3-30-23(27)9-6-10-31-22-13-20-19(12-21(22)29-2)24(28)26-15-17-8-5-4-7-16(17)11-18(26)14-25-20;1-28-19-10-17-18(11-20(19)29-8-4-7-21(25)26)23-12-16-9-14-5-2-3-6-15(14)13-24(16)22(17)27;;/h4-5,7-8,12-14,18H,3,6,9-11,15H2,1-2H3;2-3,5-6,10-12,16H,4,7-9,13H2,1H3,(H,25,26);;1H2/q;;+1;/p-1/t18-;16-;;/m00../s1. The summed E-state index contributed by atoms with van der Waals surface area (Å²) >= 11 is 0. The minimum atomic E-state index is -0.865. The third-order valence-electron chi connectivity index (χ3n) is 10.8. The summed E-state index contributed by atoms with van der Waals surface area (Å²) in [6.07, 6.45) is 6.36. The zero-order valence-electron chi connectivity index (χ0n) is 35.4. The van der Waals surface area contributed by atoms with Crippen LogP contribution in [-0.2, 0) is 40.3 Å². The van der Waals surface area contributed by atoms with Gasteiger partial charge in [-0.3, -0.25) is 29.2 Å². The van der Waals surface area contributed by atoms with Gasteiger partial charge in [-0.2, -0.15) is 0 Å². The van der Waals surface area contributed by atoms with Crippen molar-refractivity contribution in [3.63, 3.8) is 0 Å². The van der Waals surface area contributed by atoms with Crippen LogP contribution in [0.25, 0.3) is 0 Å². The molecule has 0 radical (unpaired) electrons. The zero-order chi connectivity index (χ0) is 42.2. The first-order valence-corrected chi connectivity index (χ1v) is 20.1. The summed E-state index contributed by atoms with van der Waals surface area (Å²) in [6, 6.07) is 22.9. The van der Waals surface area contributed by atoms with E-state index >= 15 is 0 Å². The molecule has 4 aromatic carbocycles. The largest absolute Gasteiger partial charge is 1.00 e. The molecular weight excluding hydrogens is 791 g/mol. The molecule has 8 rings (SSSR count). The van der Waals surface area contributed by atoms with Crippen LogP contribution < -0.4 is 37.8 Å². The molecule has 4 aromatic rings. The monoisotopic (exact) mass is 840 g/mol. The number of methoxy groups -OCH3 is 2. The van der Waals surface area contributed by atoms with E-state index in [9.17, 15) is 19.2 Å². The number of carboxylic acids is 1. The topological polar surface area (TPSA) is 196 Å². The minimum absolute atomic E-state index is 0. The van der Waals surface area contributed by atoms with Crippen molar-refractivity contribution < 1.29 is 72.3 Å². The number of carboxylic acid groups (broad SMARTS) is 1. The number of fused-ring (bicyclic) bond motifs is 6. The normalized spacial score (nSPS) is 16.3. The summed E-state index contributed by atoms with van der Waals surface area (Å²) in [7, 11) is 3.05. The number of esters is 1. The number of hydrogen-bond acceptors (Lipinski definition) is 12. The second kappa shape index (κ2) is 21.6. The van der Waals surface area contributed by atoms with Crippen LogP contribution in [0, 0.1) is 0 Å². The summed E-state index contributed by atoms with van der Waals surface area (Å²) in [6.45, 7) is 3.81. The van der Waals surface area contributed by atoms with Gasteiger partial charge in [0.1, 0.15) is 0 Å². The van der Waals surface area contributed by atoms with Crippen molar-refractivity contribution >= 4 is 47.6 Å². The van der Waals surface area contributed by atoms with E-state index in [1.165, 1.54) is 25.3 Å². The molecule has 4 aliphatic heterocycles. The van der Waals surface area contributed by atoms with Crippen LogP contribution in [0.15, 0.2) is 82.8 Å². The second-order valence-corrected chi connectivity index (χ2v) is 14.6. The fourth-order valence-electron chi connectivity index (χ4n) is 7.68. The minimum Gasteiger partial charge on any atom is -0.870 e. The third-order valence-corrected chi connectivity index (χ3v) is 10.8. The zero-order valence-corrected chi connectivity index (χ0v) is 35.4. The van der Waals surface area contributed by atoms with E-state index in [0.29, 0.717) is 84.6 Å². The molecule has 0 saturated heterocycles. The molecule has 0 spiro atoms. The number of carbonyl (C=O) groups excluding carboxylic acids is 3. The second-order valence-electron chi connectivity index (χ2n) is 14.6. The summed E-state index contributed by atoms with van der Waals surface area (Å²) in [5.41, 5.74) is 6.85. The average molecular weight is 841 g/mol. The Morgan fingerprint density at radius 1 is 0.677 bits per heavy atom. The van der Waals surface area contributed by atoms with Crippen molar-refractivity contribution in [1.29, 1.82) is 0 Å². The van der Waals surface area contributed by atoms with Crippen molar-refractivity contribution in [3.05, 3.63) is 106 Å². The van der Waals surface area contributed by atoms with Crippen molar-refractivity contribution in [2.75, 3.05) is 34.0 Å². The van der Waals surface area contributed by atoms with E-state index in [0.717, 1.165) is 24.0 Å². The number of aliphatic imine (C=N–C) groups is 2. The number of benzene rings is 4. The predicted molar refractivity (Wildman–Crippen MR) is 226 cm³/mol. The summed E-state index contributed by atoms with van der Waals surface area (Å²) in [4.78, 5) is 61.7. The third kappa shape index (κ3) is 10.7. The fourth-order valence-corrected chi connectivity index (χ4v) is 7.68. The molecule has 15 nitrogen and oxygen atoms in total. The van der Waals surface area contributed by atoms with Gasteiger partial charge in [-0.1, -0.05) is 48.5 Å². The number of amides is 2. The van der Waals surface area contributed by atoms with Crippen molar-refractivity contribution in [3.8, 4) is 23.0 Å². The van der Waals surface area contributed by atoms with Crippen LogP contribution >= 0.6 is 0 Å². The molecule has 0 unspecified atom stereocenters. The number of hydrogen-bond donors (Lipinski definition) is 1. The smallest absolute Gasteiger partial charge is 0.870 e. The van der Waals surface area contributed by atoms with Gasteiger partial charge in [-0.25, -0.2) is 0 Å². The van der Waals surface area contributed by atoms with E-state index in [2.05, 4.69) is 34.3 Å². The molecule has 0 aromatic heterocycles. The Bertz CT molecular complexity index is 2330. The molecule has 16 heteroatoms. The molecule has 0 aliphatic carbocycles. The van der Waals surface area contributed by atoms with E-state index < -0.39 is 5.97 Å². The van der Waals surface area contributed by atoms with Crippen LogP contribution in [0.2, 0.25) is 0 Å². The molecule has 2 atom stereocenters. The van der Waals surface area contributed by atoms with Gasteiger partial charge in [0.25, 0.3) is 11.8 Å². The van der Waals surface area contributed by atoms with Gasteiger partial charge < -0.3 is 44.1 Å². The molecule has 0 bridgehead atoms. The van der Waals surface area contributed by atoms with Gasteiger partial charge in [0, 0.05) is 50.5 Å². The van der Waals surface area contributed by atoms with Gasteiger partial charge >= 0.3 is 30.8 Å². The Kier molecular flexibility index (Phi) is 16.3. The number of nitrogens with zero attached hydrogens (tertiary/aromatic N) is 4. The van der Waals surface area contributed by atoms with Crippen molar-refractivity contribution in [2.24, 2.45) is 9.98 Å². The van der Waals surface area contributed by atoms with Gasteiger partial charge in [0.2, 0.25) is 0 Å². The first-order valence-electron chi connectivity index (χ1n) is 20.1. The number of ether oxygens (including phenoxy) is 5. The number of aliphatic carboxylic acids is 1. The number of carbonyl (C=O) groups is 4. The Balaban J connectivity index is 0.000000227. The van der Waals surface area contributed by atoms with E-state index in [1.807, 2.05) is 46.5 Å². The summed E-state index contributed by atoms with van der Waals surface area (Å²) < 4.78 is 27.3. The molecule has 62 heavy (non-hydrogen) atoms. The van der Waals surface area contributed by atoms with E-state index in [-0.39, 0.29) is 73.7 Å². The molecule has 4 heterocycles. The molecule has 0 saturated carbocycles. The molecule has 2 N–H and O–H groups in total. The Labute approximate surface area is 372 Å². The molecule has 320 valence electrons. The van der Waals surface area contributed by atoms with Crippen LogP contribution in [0.1, 0.15) is 75.6 Å². The Hall–Kier alpha value is -6.14. The summed E-state index contributed by atoms with van der Waals surface area (Å²) in [5.74, 6) is 0.575. The van der Waals surface area contributed by atoms with Crippen LogP contribution in [0.5, 0.6) is 23.0 Å². The van der Waals surface area contributed by atoms with Crippen molar-refractivity contribution in [2.45, 2.75) is 70.6 Å². The maximum absolute atomic E-state index is 13.4. The maximum atomic E-state index is 13.4. The van der Waals surface area contributed by atoms with Gasteiger partial charge in [-0.05, 0) is 67.0 Å². The van der Waals surface area contributed by atoms with Crippen molar-refractivity contribution in [1.82, 2.24) is 9.80 Å².